The number of nitrogens with zero attached hydrogens (tertiary/aromatic N) is 2. The van der Waals surface area contributed by atoms with Gasteiger partial charge in [-0.2, -0.15) is 0 Å². The number of allylic oxidation sites excluding steroid dienone is 2. The van der Waals surface area contributed by atoms with Crippen molar-refractivity contribution in [3.8, 4) is 0 Å². The molecule has 0 amide bonds. The van der Waals surface area contributed by atoms with Crippen LogP contribution in [0.5, 0.6) is 0 Å². The standard InChI is InChI=1S/C19H20N2O/c1-5-11-16-14(6-2)18(22-19(16)20-8-4)15(7-3)17-12-9-10-13-21-17/h5-13H,3H2,1-2,4H3/b11-5-,14-6-,18-15-,20-8-. The summed E-state index contributed by atoms with van der Waals surface area (Å²) >= 11 is 0. The van der Waals surface area contributed by atoms with Gasteiger partial charge in [-0.3, -0.25) is 4.98 Å². The summed E-state index contributed by atoms with van der Waals surface area (Å²) in [5.74, 6) is 0.596. The number of furan rings is 1. The van der Waals surface area contributed by atoms with Crippen molar-refractivity contribution in [2.24, 2.45) is 4.99 Å². The van der Waals surface area contributed by atoms with Crippen molar-refractivity contribution >= 4 is 29.8 Å². The van der Waals surface area contributed by atoms with Crippen molar-refractivity contribution in [3.63, 3.8) is 0 Å². The predicted molar refractivity (Wildman–Crippen MR) is 93.6 cm³/mol. The molecule has 0 N–H and O–H groups in total. The second-order valence-corrected chi connectivity index (χ2v) is 4.57. The number of hydrogen-bond donors (Lipinski definition) is 0. The van der Waals surface area contributed by atoms with Gasteiger partial charge < -0.3 is 4.42 Å². The van der Waals surface area contributed by atoms with Crippen LogP contribution in [0.2, 0.25) is 0 Å². The summed E-state index contributed by atoms with van der Waals surface area (Å²) in [5, 5.41) is 0.999. The molecule has 2 aromatic heterocycles. The summed E-state index contributed by atoms with van der Waals surface area (Å²) in [6.45, 7) is 9.74. The lowest BCUT2D eigenvalue weighted by Gasteiger charge is -1.98. The van der Waals surface area contributed by atoms with E-state index in [1.165, 1.54) is 0 Å². The van der Waals surface area contributed by atoms with Crippen LogP contribution in [0.25, 0.3) is 17.7 Å². The molecule has 0 aliphatic carbocycles. The maximum atomic E-state index is 6.01. The molecule has 0 atom stereocenters. The SMILES string of the molecule is C=C/C(c1ccccn1)=c1/oc(/N=C\C)c(/C=C\C)/c1=C/C. The van der Waals surface area contributed by atoms with Crippen molar-refractivity contribution in [2.75, 3.05) is 0 Å². The molecule has 0 fully saturated rings. The van der Waals surface area contributed by atoms with Crippen LogP contribution in [0.3, 0.4) is 0 Å². The van der Waals surface area contributed by atoms with Crippen LogP contribution in [-0.4, -0.2) is 11.2 Å². The second kappa shape index (κ2) is 7.36. The Bertz CT molecular complexity index is 824. The molecule has 0 aliphatic rings. The molecule has 0 radical (unpaired) electrons. The molecule has 3 nitrogen and oxygen atoms in total. The number of pyridine rings is 1. The molecule has 0 saturated carbocycles. The minimum atomic E-state index is 0.596. The van der Waals surface area contributed by atoms with Crippen molar-refractivity contribution in [1.29, 1.82) is 0 Å². The van der Waals surface area contributed by atoms with Gasteiger partial charge >= 0.3 is 0 Å². The minimum Gasteiger partial charge on any atom is -0.437 e. The quantitative estimate of drug-likeness (QED) is 0.807. The van der Waals surface area contributed by atoms with Crippen LogP contribution in [-0.2, 0) is 0 Å². The Morgan fingerprint density at radius 3 is 2.64 bits per heavy atom. The Morgan fingerprint density at radius 2 is 2.09 bits per heavy atom. The highest BCUT2D eigenvalue weighted by Crippen LogP contribution is 2.17. The highest BCUT2D eigenvalue weighted by atomic mass is 16.3. The Labute approximate surface area is 130 Å². The van der Waals surface area contributed by atoms with Gasteiger partial charge in [-0.1, -0.05) is 36.9 Å². The highest BCUT2D eigenvalue weighted by Gasteiger charge is 2.11. The largest absolute Gasteiger partial charge is 0.437 e. The fourth-order valence-corrected chi connectivity index (χ4v) is 2.31. The van der Waals surface area contributed by atoms with E-state index >= 15 is 0 Å². The van der Waals surface area contributed by atoms with E-state index in [0.29, 0.717) is 5.88 Å². The van der Waals surface area contributed by atoms with Crippen molar-refractivity contribution in [3.05, 3.63) is 65.0 Å². The van der Waals surface area contributed by atoms with Crippen molar-refractivity contribution in [1.82, 2.24) is 4.98 Å². The molecule has 0 saturated heterocycles. The molecule has 112 valence electrons. The van der Waals surface area contributed by atoms with E-state index in [1.54, 1.807) is 18.5 Å². The monoisotopic (exact) mass is 292 g/mol. The van der Waals surface area contributed by atoms with Gasteiger partial charge in [0.25, 0.3) is 0 Å². The Kier molecular flexibility index (Phi) is 5.26. The summed E-state index contributed by atoms with van der Waals surface area (Å²) in [6, 6.07) is 5.77. The lowest BCUT2D eigenvalue weighted by atomic mass is 10.1. The van der Waals surface area contributed by atoms with Crippen molar-refractivity contribution in [2.45, 2.75) is 20.8 Å². The van der Waals surface area contributed by atoms with Gasteiger partial charge in [-0.15, -0.1) is 0 Å². The van der Waals surface area contributed by atoms with Crippen LogP contribution in [0.1, 0.15) is 32.0 Å². The van der Waals surface area contributed by atoms with Crippen LogP contribution >= 0.6 is 0 Å². The third kappa shape index (κ3) is 2.98. The summed E-state index contributed by atoms with van der Waals surface area (Å²) in [7, 11) is 0. The summed E-state index contributed by atoms with van der Waals surface area (Å²) < 4.78 is 6.01. The van der Waals surface area contributed by atoms with Gasteiger partial charge in [-0.05, 0) is 32.9 Å². The third-order valence-corrected chi connectivity index (χ3v) is 3.22. The number of rotatable bonds is 4. The fraction of sp³-hybridized carbons (Fsp3) is 0.158. The second-order valence-electron chi connectivity index (χ2n) is 4.57. The molecule has 0 aromatic carbocycles. The van der Waals surface area contributed by atoms with Gasteiger partial charge in [0, 0.05) is 28.8 Å². The van der Waals surface area contributed by atoms with E-state index in [-0.39, 0.29) is 0 Å². The summed E-state index contributed by atoms with van der Waals surface area (Å²) in [5.41, 5.74) is 3.39. The van der Waals surface area contributed by atoms with Crippen LogP contribution in [0.4, 0.5) is 5.88 Å². The molecular formula is C19H20N2O. The van der Waals surface area contributed by atoms with Crippen LogP contribution in [0, 0.1) is 0 Å². The lowest BCUT2D eigenvalue weighted by molar-refractivity contribution is 0.539. The van der Waals surface area contributed by atoms with E-state index in [0.717, 1.165) is 27.5 Å². The number of aliphatic imine (C=N–C) groups is 1. The first-order valence-corrected chi connectivity index (χ1v) is 7.25. The van der Waals surface area contributed by atoms with Crippen LogP contribution in [0.15, 0.2) is 52.5 Å². The van der Waals surface area contributed by atoms with E-state index in [1.807, 2.05) is 57.2 Å². The van der Waals surface area contributed by atoms with E-state index in [9.17, 15) is 0 Å². The van der Waals surface area contributed by atoms with Crippen molar-refractivity contribution < 1.29 is 4.42 Å². The first-order valence-electron chi connectivity index (χ1n) is 7.25. The molecular weight excluding hydrogens is 272 g/mol. The average Bonchev–Trinajstić information content (AvgIpc) is 2.88. The first kappa shape index (κ1) is 15.7. The van der Waals surface area contributed by atoms with Gasteiger partial charge in [0.2, 0.25) is 5.88 Å². The molecule has 2 aromatic rings. The van der Waals surface area contributed by atoms with E-state index in [2.05, 4.69) is 16.6 Å². The topological polar surface area (TPSA) is 38.4 Å². The molecule has 2 heterocycles. The van der Waals surface area contributed by atoms with Gasteiger partial charge in [0.1, 0.15) is 5.42 Å². The van der Waals surface area contributed by atoms with E-state index < -0.39 is 0 Å². The molecule has 2 rings (SSSR count). The zero-order valence-corrected chi connectivity index (χ0v) is 13.2. The van der Waals surface area contributed by atoms with Gasteiger partial charge in [0.05, 0.1) is 5.69 Å². The smallest absolute Gasteiger partial charge is 0.226 e. The molecule has 0 bridgehead atoms. The molecule has 0 spiro atoms. The molecule has 0 aliphatic heterocycles. The van der Waals surface area contributed by atoms with E-state index in [4.69, 9.17) is 4.42 Å². The van der Waals surface area contributed by atoms with Crippen LogP contribution < -0.4 is 10.6 Å². The first-order chi connectivity index (χ1) is 10.8. The zero-order valence-electron chi connectivity index (χ0n) is 13.2. The zero-order chi connectivity index (χ0) is 15.9. The van der Waals surface area contributed by atoms with Gasteiger partial charge in [0.15, 0.2) is 0 Å². The minimum absolute atomic E-state index is 0.596. The number of hydrogen-bond acceptors (Lipinski definition) is 3. The average molecular weight is 292 g/mol. The Balaban J connectivity index is 2.93. The highest BCUT2D eigenvalue weighted by molar-refractivity contribution is 5.73. The Morgan fingerprint density at radius 1 is 1.27 bits per heavy atom. The lowest BCUT2D eigenvalue weighted by Crippen LogP contribution is -2.24. The predicted octanol–water partition coefficient (Wildman–Crippen LogP) is 3.62. The molecule has 3 heteroatoms. The number of aromatic nitrogens is 1. The maximum Gasteiger partial charge on any atom is 0.226 e. The maximum absolute atomic E-state index is 6.01. The summed E-state index contributed by atoms with van der Waals surface area (Å²) in [6.07, 6.45) is 11.3. The molecule has 0 unspecified atom stereocenters. The summed E-state index contributed by atoms with van der Waals surface area (Å²) in [4.78, 5) is 8.73. The van der Waals surface area contributed by atoms with Gasteiger partial charge in [-0.25, -0.2) is 4.99 Å². The Hall–Kier alpha value is -2.68. The molecule has 22 heavy (non-hydrogen) atoms. The third-order valence-electron chi connectivity index (χ3n) is 3.22. The normalized spacial score (nSPS) is 14.0. The fourth-order valence-electron chi connectivity index (χ4n) is 2.31.